The number of rotatable bonds is 7. The van der Waals surface area contributed by atoms with Crippen molar-refractivity contribution in [1.82, 2.24) is 10.6 Å². The standard InChI is InChI=1S/C13H26N2O2/c1-2-9-14-13(16)15-10-6-11-17-12-7-4-3-5-8-12/h12H,2-11H2,1H3,(H2,14,15,16). The van der Waals surface area contributed by atoms with Gasteiger partial charge in [-0.1, -0.05) is 26.2 Å². The molecule has 17 heavy (non-hydrogen) atoms. The van der Waals surface area contributed by atoms with E-state index in [0.29, 0.717) is 12.6 Å². The molecule has 0 unspecified atom stereocenters. The molecule has 2 N–H and O–H groups in total. The Labute approximate surface area is 104 Å². The second-order valence-electron chi connectivity index (χ2n) is 4.67. The van der Waals surface area contributed by atoms with Crippen LogP contribution in [0.2, 0.25) is 0 Å². The average Bonchev–Trinajstić information content (AvgIpc) is 2.37. The van der Waals surface area contributed by atoms with E-state index in [1.54, 1.807) is 0 Å². The number of carbonyl (C=O) groups excluding carboxylic acids is 1. The van der Waals surface area contributed by atoms with Crippen LogP contribution in [0.1, 0.15) is 51.9 Å². The van der Waals surface area contributed by atoms with Crippen LogP contribution >= 0.6 is 0 Å². The normalized spacial score (nSPS) is 16.8. The first-order chi connectivity index (χ1) is 8.33. The van der Waals surface area contributed by atoms with Gasteiger partial charge in [-0.25, -0.2) is 4.79 Å². The molecule has 1 rings (SSSR count). The molecular formula is C13H26N2O2. The molecule has 0 aromatic rings. The monoisotopic (exact) mass is 242 g/mol. The summed E-state index contributed by atoms with van der Waals surface area (Å²) in [6.07, 6.45) is 8.74. The second kappa shape index (κ2) is 9.28. The Morgan fingerprint density at radius 1 is 1.18 bits per heavy atom. The van der Waals surface area contributed by atoms with E-state index in [0.717, 1.165) is 26.0 Å². The van der Waals surface area contributed by atoms with Crippen LogP contribution in [-0.2, 0) is 4.74 Å². The maximum atomic E-state index is 11.2. The molecule has 1 aliphatic carbocycles. The van der Waals surface area contributed by atoms with Gasteiger partial charge in [-0.2, -0.15) is 0 Å². The zero-order valence-electron chi connectivity index (χ0n) is 11.0. The molecule has 0 radical (unpaired) electrons. The number of amides is 2. The predicted molar refractivity (Wildman–Crippen MR) is 69.1 cm³/mol. The molecule has 1 fully saturated rings. The molecule has 4 heteroatoms. The average molecular weight is 242 g/mol. The smallest absolute Gasteiger partial charge is 0.314 e. The third-order valence-electron chi connectivity index (χ3n) is 3.05. The zero-order valence-corrected chi connectivity index (χ0v) is 11.0. The lowest BCUT2D eigenvalue weighted by atomic mass is 9.98. The fraction of sp³-hybridized carbons (Fsp3) is 0.923. The molecular weight excluding hydrogens is 216 g/mol. The van der Waals surface area contributed by atoms with Gasteiger partial charge >= 0.3 is 6.03 Å². The fourth-order valence-corrected chi connectivity index (χ4v) is 2.06. The highest BCUT2D eigenvalue weighted by molar-refractivity contribution is 5.73. The summed E-state index contributed by atoms with van der Waals surface area (Å²) in [7, 11) is 0. The van der Waals surface area contributed by atoms with Gasteiger partial charge in [-0.3, -0.25) is 0 Å². The van der Waals surface area contributed by atoms with Gasteiger partial charge in [0, 0.05) is 19.7 Å². The summed E-state index contributed by atoms with van der Waals surface area (Å²) >= 11 is 0. The van der Waals surface area contributed by atoms with Gasteiger partial charge in [0.05, 0.1) is 6.10 Å². The van der Waals surface area contributed by atoms with E-state index in [2.05, 4.69) is 10.6 Å². The van der Waals surface area contributed by atoms with Crippen molar-refractivity contribution in [2.75, 3.05) is 19.7 Å². The molecule has 1 aliphatic rings. The summed E-state index contributed by atoms with van der Waals surface area (Å²) in [4.78, 5) is 11.2. The molecule has 0 saturated heterocycles. The zero-order chi connectivity index (χ0) is 12.3. The van der Waals surface area contributed by atoms with Crippen LogP contribution in [-0.4, -0.2) is 31.8 Å². The molecule has 4 nitrogen and oxygen atoms in total. The summed E-state index contributed by atoms with van der Waals surface area (Å²) in [6, 6.07) is -0.0653. The molecule has 0 aromatic carbocycles. The Kier molecular flexibility index (Phi) is 7.80. The fourth-order valence-electron chi connectivity index (χ4n) is 2.06. The molecule has 0 bridgehead atoms. The topological polar surface area (TPSA) is 50.4 Å². The maximum Gasteiger partial charge on any atom is 0.314 e. The molecule has 0 atom stereocenters. The van der Waals surface area contributed by atoms with E-state index < -0.39 is 0 Å². The molecule has 1 saturated carbocycles. The molecule has 0 aromatic heterocycles. The van der Waals surface area contributed by atoms with Crippen LogP contribution in [0, 0.1) is 0 Å². The third-order valence-corrected chi connectivity index (χ3v) is 3.05. The van der Waals surface area contributed by atoms with Crippen molar-refractivity contribution >= 4 is 6.03 Å². The van der Waals surface area contributed by atoms with E-state index in [1.807, 2.05) is 6.92 Å². The minimum absolute atomic E-state index is 0.0653. The quantitative estimate of drug-likeness (QED) is 0.674. The van der Waals surface area contributed by atoms with Crippen LogP contribution in [0.5, 0.6) is 0 Å². The van der Waals surface area contributed by atoms with Crippen molar-refractivity contribution in [3.8, 4) is 0 Å². The minimum Gasteiger partial charge on any atom is -0.378 e. The Balaban J connectivity index is 1.88. The van der Waals surface area contributed by atoms with Gasteiger partial charge in [0.1, 0.15) is 0 Å². The summed E-state index contributed by atoms with van der Waals surface area (Å²) < 4.78 is 5.77. The van der Waals surface area contributed by atoms with E-state index in [-0.39, 0.29) is 6.03 Å². The number of urea groups is 1. The largest absolute Gasteiger partial charge is 0.378 e. The van der Waals surface area contributed by atoms with Crippen LogP contribution in [0.25, 0.3) is 0 Å². The van der Waals surface area contributed by atoms with Gasteiger partial charge in [0.15, 0.2) is 0 Å². The lowest BCUT2D eigenvalue weighted by Gasteiger charge is -2.21. The SMILES string of the molecule is CCCNC(=O)NCCCOC1CCCCC1. The van der Waals surface area contributed by atoms with Crippen molar-refractivity contribution in [2.24, 2.45) is 0 Å². The Hall–Kier alpha value is -0.770. The van der Waals surface area contributed by atoms with E-state index >= 15 is 0 Å². The Bertz CT molecular complexity index is 204. The van der Waals surface area contributed by atoms with Crippen molar-refractivity contribution in [3.63, 3.8) is 0 Å². The third kappa shape index (κ3) is 7.21. The molecule has 2 amide bonds. The number of hydrogen-bond acceptors (Lipinski definition) is 2. The highest BCUT2D eigenvalue weighted by Crippen LogP contribution is 2.20. The van der Waals surface area contributed by atoms with Gasteiger partial charge < -0.3 is 15.4 Å². The summed E-state index contributed by atoms with van der Waals surface area (Å²) in [5.41, 5.74) is 0. The predicted octanol–water partition coefficient (Wildman–Crippen LogP) is 2.44. The highest BCUT2D eigenvalue weighted by Gasteiger charge is 2.12. The van der Waals surface area contributed by atoms with E-state index in [9.17, 15) is 4.79 Å². The van der Waals surface area contributed by atoms with Crippen LogP contribution in [0.4, 0.5) is 4.79 Å². The van der Waals surface area contributed by atoms with Gasteiger partial charge in [-0.05, 0) is 25.7 Å². The van der Waals surface area contributed by atoms with Crippen molar-refractivity contribution in [1.29, 1.82) is 0 Å². The van der Waals surface area contributed by atoms with Gasteiger partial charge in [0.2, 0.25) is 0 Å². The Morgan fingerprint density at radius 2 is 1.88 bits per heavy atom. The first-order valence-corrected chi connectivity index (χ1v) is 6.96. The van der Waals surface area contributed by atoms with E-state index in [1.165, 1.54) is 32.1 Å². The molecule has 100 valence electrons. The summed E-state index contributed by atoms with van der Waals surface area (Å²) in [6.45, 7) is 4.24. The summed E-state index contributed by atoms with van der Waals surface area (Å²) in [5, 5.41) is 5.61. The lowest BCUT2D eigenvalue weighted by molar-refractivity contribution is 0.0275. The highest BCUT2D eigenvalue weighted by atomic mass is 16.5. The first kappa shape index (κ1) is 14.3. The van der Waals surface area contributed by atoms with Crippen LogP contribution < -0.4 is 10.6 Å². The molecule has 0 heterocycles. The second-order valence-corrected chi connectivity index (χ2v) is 4.67. The minimum atomic E-state index is -0.0653. The van der Waals surface area contributed by atoms with Crippen molar-refractivity contribution < 1.29 is 9.53 Å². The van der Waals surface area contributed by atoms with Crippen molar-refractivity contribution in [2.45, 2.75) is 58.0 Å². The first-order valence-electron chi connectivity index (χ1n) is 6.96. The summed E-state index contributed by atoms with van der Waals surface area (Å²) in [5.74, 6) is 0. The van der Waals surface area contributed by atoms with Gasteiger partial charge in [-0.15, -0.1) is 0 Å². The maximum absolute atomic E-state index is 11.2. The number of carbonyl (C=O) groups is 1. The van der Waals surface area contributed by atoms with Crippen LogP contribution in [0.15, 0.2) is 0 Å². The van der Waals surface area contributed by atoms with Crippen molar-refractivity contribution in [3.05, 3.63) is 0 Å². The van der Waals surface area contributed by atoms with Crippen LogP contribution in [0.3, 0.4) is 0 Å². The van der Waals surface area contributed by atoms with Gasteiger partial charge in [0.25, 0.3) is 0 Å². The molecule has 0 aliphatic heterocycles. The number of ether oxygens (including phenoxy) is 1. The number of hydrogen-bond donors (Lipinski definition) is 2. The van der Waals surface area contributed by atoms with E-state index in [4.69, 9.17) is 4.74 Å². The number of nitrogens with one attached hydrogen (secondary N) is 2. The molecule has 0 spiro atoms. The Morgan fingerprint density at radius 3 is 2.59 bits per heavy atom. The lowest BCUT2D eigenvalue weighted by Crippen LogP contribution is -2.36.